The molecule has 4 aromatic rings. The Hall–Kier alpha value is -4.82. The minimum atomic E-state index is -2.55. The van der Waals surface area contributed by atoms with E-state index in [1.165, 1.54) is 23.4 Å². The Morgan fingerprint density at radius 1 is 0.927 bits per heavy atom. The molecule has 0 spiro atoms. The zero-order chi connectivity index (χ0) is 38.7. The van der Waals surface area contributed by atoms with Crippen LogP contribution in [-0.2, 0) is 15.9 Å². The first-order chi connectivity index (χ1) is 26.4. The number of imide groups is 1. The maximum atomic E-state index is 15.1. The van der Waals surface area contributed by atoms with Crippen molar-refractivity contribution in [3.63, 3.8) is 0 Å². The highest BCUT2D eigenvalue weighted by Gasteiger charge is 2.29. The van der Waals surface area contributed by atoms with Gasteiger partial charge >= 0.3 is 6.03 Å². The summed E-state index contributed by atoms with van der Waals surface area (Å²) in [5.41, 5.74) is 3.14. The number of pyridine rings is 1. The van der Waals surface area contributed by atoms with Crippen LogP contribution < -0.4 is 35.8 Å². The van der Waals surface area contributed by atoms with Crippen molar-refractivity contribution in [1.29, 1.82) is 0 Å². The van der Waals surface area contributed by atoms with E-state index in [4.69, 9.17) is 16.3 Å². The molecule has 14 nitrogen and oxygen atoms in total. The van der Waals surface area contributed by atoms with Crippen molar-refractivity contribution in [2.75, 3.05) is 86.7 Å². The Morgan fingerprint density at radius 2 is 1.69 bits per heavy atom. The van der Waals surface area contributed by atoms with Crippen LogP contribution in [0.3, 0.4) is 0 Å². The van der Waals surface area contributed by atoms with Crippen molar-refractivity contribution in [3.05, 3.63) is 77.5 Å². The summed E-state index contributed by atoms with van der Waals surface area (Å²) in [6.07, 6.45) is 5.24. The van der Waals surface area contributed by atoms with Crippen molar-refractivity contribution >= 4 is 70.5 Å². The van der Waals surface area contributed by atoms with Crippen molar-refractivity contribution in [3.8, 4) is 5.75 Å². The highest BCUT2D eigenvalue weighted by atomic mass is 35.5. The quantitative estimate of drug-likeness (QED) is 0.162. The molecule has 3 saturated heterocycles. The molecule has 0 saturated carbocycles. The van der Waals surface area contributed by atoms with E-state index in [9.17, 15) is 14.2 Å². The molecule has 5 heterocycles. The number of carbonyl (C=O) groups is 2. The van der Waals surface area contributed by atoms with Crippen LogP contribution in [0.5, 0.6) is 5.75 Å². The number of nitrogens with one attached hydrogen (secondary N) is 3. The normalized spacial score (nSPS) is 17.6. The van der Waals surface area contributed by atoms with Gasteiger partial charge in [-0.2, -0.15) is 4.98 Å². The zero-order valence-electron chi connectivity index (χ0n) is 31.1. The van der Waals surface area contributed by atoms with E-state index in [1.54, 1.807) is 20.4 Å². The van der Waals surface area contributed by atoms with E-state index in [1.807, 2.05) is 36.4 Å². The van der Waals surface area contributed by atoms with Gasteiger partial charge < -0.3 is 24.8 Å². The number of hydrogen-bond acceptors (Lipinski definition) is 12. The minimum Gasteiger partial charge on any atom is -0.494 e. The third-order valence-electron chi connectivity index (χ3n) is 10.3. The molecule has 2 aromatic carbocycles. The molecule has 0 bridgehead atoms. The number of halogens is 2. The number of aromatic nitrogens is 3. The van der Waals surface area contributed by atoms with Gasteiger partial charge in [-0.05, 0) is 50.4 Å². The molecule has 0 radical (unpaired) electrons. The summed E-state index contributed by atoms with van der Waals surface area (Å²) in [4.78, 5) is 45.4. The predicted molar refractivity (Wildman–Crippen MR) is 214 cm³/mol. The number of benzene rings is 2. The lowest BCUT2D eigenvalue weighted by Crippen LogP contribution is -2.53. The van der Waals surface area contributed by atoms with Gasteiger partial charge in [0.1, 0.15) is 23.7 Å². The number of carbonyl (C=O) groups excluding carboxylic acids is 2. The number of methoxy groups -OCH3 is 1. The fraction of sp³-hybridized carbons (Fsp3) is 0.395. The number of rotatable bonds is 11. The number of hydrogen-bond donors (Lipinski definition) is 3. The van der Waals surface area contributed by atoms with Crippen LogP contribution in [0.25, 0.3) is 0 Å². The number of ether oxygens (including phenoxy) is 1. The molecule has 0 atom stereocenters. The molecule has 0 unspecified atom stereocenters. The van der Waals surface area contributed by atoms with Crippen molar-refractivity contribution in [1.82, 2.24) is 30.1 Å². The van der Waals surface area contributed by atoms with E-state index in [0.29, 0.717) is 63.2 Å². The summed E-state index contributed by atoms with van der Waals surface area (Å²) in [5.74, 6) is 0.583. The average Bonchev–Trinajstić information content (AvgIpc) is 3.17. The number of amides is 3. The number of para-hydroxylation sites is 1. The van der Waals surface area contributed by atoms with Gasteiger partial charge in [0.15, 0.2) is 5.82 Å². The summed E-state index contributed by atoms with van der Waals surface area (Å²) in [7, 11) is -0.917. The molecule has 2 aromatic heterocycles. The number of urea groups is 1. The summed E-state index contributed by atoms with van der Waals surface area (Å²) in [6, 6.07) is 14.7. The minimum absolute atomic E-state index is 0.170. The smallest absolute Gasteiger partial charge is 0.328 e. The molecule has 3 aliphatic heterocycles. The molecule has 3 aliphatic rings. The third-order valence-corrected chi connectivity index (χ3v) is 12.1. The molecule has 0 aliphatic carbocycles. The molecule has 55 heavy (non-hydrogen) atoms. The first-order valence-corrected chi connectivity index (χ1v) is 21.3. The van der Waals surface area contributed by atoms with Gasteiger partial charge in [0, 0.05) is 87.9 Å². The molecular formula is C38H45ClFN10O4P. The standard InChI is InChI=1S/C38H45ClFN10O4P/c1-54-33-21-26(8-9-30(33)44-37-42-23-28(39)36(46-37)43-31-6-4-5-7-34(31)55(2,3)53)48-13-10-25(11-14-48)49-18-16-47(17-19-49)24-32-29(40)20-27(22-41-32)50-15-12-35(51)45-38(50)52/h4-9,20-23,25H,10-19,24H2,1-3H3,(H,45,51,52)(H2,42,43,44,46). The molecule has 290 valence electrons. The van der Waals surface area contributed by atoms with Gasteiger partial charge in [0.25, 0.3) is 0 Å². The maximum Gasteiger partial charge on any atom is 0.328 e. The first kappa shape index (κ1) is 38.5. The molecule has 3 fully saturated rings. The topological polar surface area (TPSA) is 148 Å². The predicted octanol–water partition coefficient (Wildman–Crippen LogP) is 5.64. The van der Waals surface area contributed by atoms with Crippen LogP contribution in [-0.4, -0.2) is 109 Å². The van der Waals surface area contributed by atoms with Crippen LogP contribution in [0.2, 0.25) is 5.02 Å². The summed E-state index contributed by atoms with van der Waals surface area (Å²) in [5, 5.41) is 9.79. The van der Waals surface area contributed by atoms with E-state index in [2.05, 4.69) is 51.7 Å². The largest absolute Gasteiger partial charge is 0.494 e. The lowest BCUT2D eigenvalue weighted by molar-refractivity contribution is -0.120. The number of piperazine rings is 1. The maximum absolute atomic E-state index is 15.1. The van der Waals surface area contributed by atoms with Crippen LogP contribution in [0, 0.1) is 5.82 Å². The number of anilines is 6. The highest BCUT2D eigenvalue weighted by Crippen LogP contribution is 2.39. The van der Waals surface area contributed by atoms with E-state index < -0.39 is 19.0 Å². The molecule has 7 rings (SSSR count). The second kappa shape index (κ2) is 16.5. The second-order valence-electron chi connectivity index (χ2n) is 14.3. The van der Waals surface area contributed by atoms with Crippen molar-refractivity contribution < 1.29 is 23.3 Å². The fourth-order valence-corrected chi connectivity index (χ4v) is 8.60. The Bertz CT molecular complexity index is 2110. The van der Waals surface area contributed by atoms with Crippen LogP contribution >= 0.6 is 18.7 Å². The van der Waals surface area contributed by atoms with Gasteiger partial charge in [0.2, 0.25) is 11.9 Å². The van der Waals surface area contributed by atoms with Gasteiger partial charge in [0.05, 0.1) is 42.3 Å². The summed E-state index contributed by atoms with van der Waals surface area (Å²) < 4.78 is 33.7. The Balaban J connectivity index is 0.910. The van der Waals surface area contributed by atoms with Crippen molar-refractivity contribution in [2.45, 2.75) is 31.8 Å². The Labute approximate surface area is 324 Å². The Kier molecular flexibility index (Phi) is 11.5. The van der Waals surface area contributed by atoms with Gasteiger partial charge in [-0.25, -0.2) is 14.2 Å². The average molecular weight is 791 g/mol. The lowest BCUT2D eigenvalue weighted by atomic mass is 10.0. The fourth-order valence-electron chi connectivity index (χ4n) is 7.31. The van der Waals surface area contributed by atoms with Crippen LogP contribution in [0.1, 0.15) is 25.0 Å². The second-order valence-corrected chi connectivity index (χ2v) is 17.9. The van der Waals surface area contributed by atoms with Gasteiger partial charge in [-0.3, -0.25) is 29.8 Å². The number of nitrogens with zero attached hydrogens (tertiary/aromatic N) is 7. The monoisotopic (exact) mass is 790 g/mol. The lowest BCUT2D eigenvalue weighted by Gasteiger charge is -2.43. The van der Waals surface area contributed by atoms with E-state index >= 15 is 4.39 Å². The molecule has 17 heteroatoms. The SMILES string of the molecule is COc1cc(N2CCC(N3CCN(Cc4ncc(N5CCC(=O)NC5=O)cc4F)CC3)CC2)ccc1Nc1ncc(Cl)c(Nc2ccccc2P(C)(C)=O)n1. The summed E-state index contributed by atoms with van der Waals surface area (Å²) >= 11 is 6.46. The summed E-state index contributed by atoms with van der Waals surface area (Å²) in [6.45, 7) is 9.29. The van der Waals surface area contributed by atoms with Crippen molar-refractivity contribution in [2.24, 2.45) is 0 Å². The van der Waals surface area contributed by atoms with E-state index in [-0.39, 0.29) is 18.9 Å². The Morgan fingerprint density at radius 3 is 2.40 bits per heavy atom. The van der Waals surface area contributed by atoms with Gasteiger partial charge in [-0.15, -0.1) is 0 Å². The molecular weight excluding hydrogens is 746 g/mol. The van der Waals surface area contributed by atoms with Crippen LogP contribution in [0.15, 0.2) is 60.9 Å². The first-order valence-electron chi connectivity index (χ1n) is 18.3. The third kappa shape index (κ3) is 9.02. The zero-order valence-corrected chi connectivity index (χ0v) is 32.7. The van der Waals surface area contributed by atoms with Crippen LogP contribution in [0.4, 0.5) is 43.7 Å². The van der Waals surface area contributed by atoms with Gasteiger partial charge in [-0.1, -0.05) is 23.7 Å². The highest BCUT2D eigenvalue weighted by molar-refractivity contribution is 7.70. The number of piperidine rings is 1. The molecule has 3 amide bonds. The van der Waals surface area contributed by atoms with E-state index in [0.717, 1.165) is 57.8 Å². The molecule has 3 N–H and O–H groups in total.